The van der Waals surface area contributed by atoms with Gasteiger partial charge in [-0.2, -0.15) is 4.98 Å². The van der Waals surface area contributed by atoms with Crippen molar-refractivity contribution in [3.8, 4) is 11.1 Å². The zero-order valence-corrected chi connectivity index (χ0v) is 19.9. The van der Waals surface area contributed by atoms with Crippen LogP contribution in [0.3, 0.4) is 0 Å². The Hall–Kier alpha value is -2.91. The van der Waals surface area contributed by atoms with E-state index in [0.29, 0.717) is 64.1 Å². The molecule has 6 nitrogen and oxygen atoms in total. The van der Waals surface area contributed by atoms with E-state index < -0.39 is 17.3 Å². The van der Waals surface area contributed by atoms with Crippen molar-refractivity contribution in [3.63, 3.8) is 0 Å². The lowest BCUT2D eigenvalue weighted by atomic mass is 10.0. The van der Waals surface area contributed by atoms with Crippen LogP contribution in [0.5, 0.6) is 0 Å². The third-order valence-corrected chi connectivity index (χ3v) is 7.67. The number of hydrogen-bond donors (Lipinski definition) is 0. The molecule has 1 saturated heterocycles. The summed E-state index contributed by atoms with van der Waals surface area (Å²) in [6, 6.07) is 4.98. The summed E-state index contributed by atoms with van der Waals surface area (Å²) in [7, 11) is 0. The third kappa shape index (κ3) is 3.67. The molecule has 0 aliphatic carbocycles. The van der Waals surface area contributed by atoms with Gasteiger partial charge in [0.05, 0.1) is 10.5 Å². The average molecular weight is 503 g/mol. The van der Waals surface area contributed by atoms with Crippen molar-refractivity contribution in [1.29, 1.82) is 0 Å². The van der Waals surface area contributed by atoms with Crippen LogP contribution in [-0.2, 0) is 11.3 Å². The first-order valence-electron chi connectivity index (χ1n) is 10.8. The highest BCUT2D eigenvalue weighted by atomic mass is 35.5. The number of carbonyl (C=O) groups excluding carboxylic acids is 1. The highest BCUT2D eigenvalue weighted by Crippen LogP contribution is 2.46. The second-order valence-electron chi connectivity index (χ2n) is 8.33. The van der Waals surface area contributed by atoms with Gasteiger partial charge in [0.15, 0.2) is 0 Å². The highest BCUT2D eigenvalue weighted by Gasteiger charge is 2.31. The van der Waals surface area contributed by atoms with Crippen molar-refractivity contribution in [1.82, 2.24) is 14.5 Å². The molecule has 2 aliphatic rings. The van der Waals surface area contributed by atoms with Crippen LogP contribution in [0.25, 0.3) is 22.0 Å². The molecule has 2 aliphatic heterocycles. The topological polar surface area (TPSA) is 58.4 Å². The number of benzene rings is 2. The molecule has 10 heteroatoms. The number of thioether (sulfide) groups is 1. The number of rotatable bonds is 3. The SMILES string of the molecule is C=CC(=O)N1CCN(c2nc(=O)n3c4c(c(-c5ccc(F)cc5F)c(Cl)cc24)SCC3)C[C@@H]1C. The van der Waals surface area contributed by atoms with Gasteiger partial charge < -0.3 is 9.80 Å². The van der Waals surface area contributed by atoms with E-state index in [-0.39, 0.29) is 17.5 Å². The molecule has 0 saturated carbocycles. The number of aromatic nitrogens is 2. The van der Waals surface area contributed by atoms with Crippen LogP contribution in [0.4, 0.5) is 14.6 Å². The average Bonchev–Trinajstić information content (AvgIpc) is 2.81. The maximum Gasteiger partial charge on any atom is 0.350 e. The summed E-state index contributed by atoms with van der Waals surface area (Å²) < 4.78 is 29.9. The van der Waals surface area contributed by atoms with Crippen LogP contribution in [0.2, 0.25) is 5.02 Å². The molecule has 1 amide bonds. The van der Waals surface area contributed by atoms with E-state index in [1.807, 2.05) is 11.8 Å². The van der Waals surface area contributed by atoms with Gasteiger partial charge >= 0.3 is 5.69 Å². The largest absolute Gasteiger partial charge is 0.352 e. The van der Waals surface area contributed by atoms with Crippen molar-refractivity contribution in [3.05, 3.63) is 64.1 Å². The van der Waals surface area contributed by atoms with Gasteiger partial charge in [-0.1, -0.05) is 18.2 Å². The van der Waals surface area contributed by atoms with Crippen LogP contribution in [0.15, 0.2) is 46.6 Å². The standard InChI is InChI=1S/C24H21ClF2N4O2S/c1-3-19(32)30-7-6-29(12-13(30)2)23-16-11-17(25)20(15-5-4-14(26)10-18(15)27)22-21(16)31(8-9-34-22)24(33)28-23/h3-5,10-11,13H,1,6-9,12H2,2H3/t13-/m0/s1. The van der Waals surface area contributed by atoms with E-state index in [4.69, 9.17) is 11.6 Å². The summed E-state index contributed by atoms with van der Waals surface area (Å²) in [6.07, 6.45) is 1.30. The van der Waals surface area contributed by atoms with Crippen LogP contribution in [0.1, 0.15) is 6.92 Å². The van der Waals surface area contributed by atoms with E-state index in [2.05, 4.69) is 11.6 Å². The minimum absolute atomic E-state index is 0.108. The predicted molar refractivity (Wildman–Crippen MR) is 131 cm³/mol. The number of nitrogens with zero attached hydrogens (tertiary/aromatic N) is 4. The predicted octanol–water partition coefficient (Wildman–Crippen LogP) is 4.32. The quantitative estimate of drug-likeness (QED) is 0.499. The monoisotopic (exact) mass is 502 g/mol. The number of piperazine rings is 1. The summed E-state index contributed by atoms with van der Waals surface area (Å²) in [4.78, 5) is 34.0. The maximum absolute atomic E-state index is 14.7. The molecule has 1 aromatic heterocycles. The second kappa shape index (κ2) is 8.70. The molecule has 0 spiro atoms. The fourth-order valence-corrected chi connectivity index (χ4v) is 6.29. The number of carbonyl (C=O) groups is 1. The lowest BCUT2D eigenvalue weighted by Gasteiger charge is -2.40. The normalized spacial score (nSPS) is 17.8. The molecule has 176 valence electrons. The van der Waals surface area contributed by atoms with Gasteiger partial charge in [0.1, 0.15) is 17.5 Å². The molecule has 0 N–H and O–H groups in total. The van der Waals surface area contributed by atoms with Crippen LogP contribution < -0.4 is 10.6 Å². The summed E-state index contributed by atoms with van der Waals surface area (Å²) in [6.45, 7) is 7.40. The van der Waals surface area contributed by atoms with E-state index in [0.717, 1.165) is 6.07 Å². The van der Waals surface area contributed by atoms with Gasteiger partial charge in [0.2, 0.25) is 5.91 Å². The van der Waals surface area contributed by atoms with Gasteiger partial charge in [-0.15, -0.1) is 11.8 Å². The summed E-state index contributed by atoms with van der Waals surface area (Å²) in [5.74, 6) is -0.443. The summed E-state index contributed by atoms with van der Waals surface area (Å²) in [5.41, 5.74) is 0.873. The summed E-state index contributed by atoms with van der Waals surface area (Å²) in [5, 5.41) is 0.984. The lowest BCUT2D eigenvalue weighted by molar-refractivity contribution is -0.128. The van der Waals surface area contributed by atoms with Crippen molar-refractivity contribution < 1.29 is 13.6 Å². The Balaban J connectivity index is 1.69. The molecule has 2 aromatic carbocycles. The zero-order chi connectivity index (χ0) is 24.1. The maximum atomic E-state index is 14.7. The number of amides is 1. The Kier molecular flexibility index (Phi) is 5.85. The zero-order valence-electron chi connectivity index (χ0n) is 18.4. The van der Waals surface area contributed by atoms with Gasteiger partial charge in [-0.25, -0.2) is 13.6 Å². The van der Waals surface area contributed by atoms with E-state index in [1.54, 1.807) is 15.5 Å². The van der Waals surface area contributed by atoms with Crippen molar-refractivity contribution >= 4 is 46.0 Å². The first kappa shape index (κ1) is 22.9. The van der Waals surface area contributed by atoms with E-state index >= 15 is 0 Å². The number of hydrogen-bond acceptors (Lipinski definition) is 5. The van der Waals surface area contributed by atoms with Crippen LogP contribution >= 0.6 is 23.4 Å². The van der Waals surface area contributed by atoms with Crippen molar-refractivity contribution in [2.24, 2.45) is 0 Å². The first-order valence-corrected chi connectivity index (χ1v) is 12.2. The molecule has 1 fully saturated rings. The molecular formula is C24H21ClF2N4O2S. The Bertz CT molecular complexity index is 1410. The lowest BCUT2D eigenvalue weighted by Crippen LogP contribution is -2.54. The first-order chi connectivity index (χ1) is 16.3. The van der Waals surface area contributed by atoms with Gasteiger partial charge in [-0.3, -0.25) is 9.36 Å². The van der Waals surface area contributed by atoms with Crippen LogP contribution in [-0.4, -0.2) is 51.8 Å². The Morgan fingerprint density at radius 3 is 2.76 bits per heavy atom. The third-order valence-electron chi connectivity index (χ3n) is 6.30. The summed E-state index contributed by atoms with van der Waals surface area (Å²) >= 11 is 8.19. The fourth-order valence-electron chi connectivity index (χ4n) is 4.73. The van der Waals surface area contributed by atoms with Gasteiger partial charge in [0.25, 0.3) is 0 Å². The number of aryl methyl sites for hydroxylation is 1. The van der Waals surface area contributed by atoms with Crippen LogP contribution in [0, 0.1) is 11.6 Å². The van der Waals surface area contributed by atoms with Gasteiger partial charge in [-0.05, 0) is 31.2 Å². The van der Waals surface area contributed by atoms with E-state index in [9.17, 15) is 18.4 Å². The number of halogens is 3. The van der Waals surface area contributed by atoms with Gasteiger partial charge in [0, 0.05) is 65.4 Å². The minimum atomic E-state index is -0.719. The smallest absolute Gasteiger partial charge is 0.350 e. The van der Waals surface area contributed by atoms with Crippen molar-refractivity contribution in [2.75, 3.05) is 30.3 Å². The molecule has 0 radical (unpaired) electrons. The molecule has 3 heterocycles. The highest BCUT2D eigenvalue weighted by molar-refractivity contribution is 7.99. The van der Waals surface area contributed by atoms with E-state index in [1.165, 1.54) is 30.0 Å². The second-order valence-corrected chi connectivity index (χ2v) is 9.84. The number of anilines is 1. The minimum Gasteiger partial charge on any atom is -0.352 e. The molecule has 34 heavy (non-hydrogen) atoms. The molecule has 1 atom stereocenters. The molecule has 0 bridgehead atoms. The molecule has 3 aromatic rings. The Morgan fingerprint density at radius 1 is 1.26 bits per heavy atom. The Morgan fingerprint density at radius 2 is 2.06 bits per heavy atom. The molecule has 0 unspecified atom stereocenters. The fraction of sp³-hybridized carbons (Fsp3) is 0.292. The Labute approximate surface area is 203 Å². The van der Waals surface area contributed by atoms with Crippen molar-refractivity contribution in [2.45, 2.75) is 24.4 Å². The molecule has 5 rings (SSSR count). The molecular weight excluding hydrogens is 482 g/mol.